The maximum atomic E-state index is 13.2. The van der Waals surface area contributed by atoms with Gasteiger partial charge in [-0.1, -0.05) is 18.2 Å². The van der Waals surface area contributed by atoms with Crippen LogP contribution in [-0.4, -0.2) is 54.6 Å². The van der Waals surface area contributed by atoms with E-state index in [-0.39, 0.29) is 17.4 Å². The van der Waals surface area contributed by atoms with Crippen LogP contribution in [-0.2, 0) is 22.7 Å². The average Bonchev–Trinajstić information content (AvgIpc) is 3.51. The molecule has 0 atom stereocenters. The summed E-state index contributed by atoms with van der Waals surface area (Å²) < 4.78 is 13.2. The van der Waals surface area contributed by atoms with E-state index in [9.17, 15) is 19.6 Å². The molecule has 2 aromatic carbocycles. The van der Waals surface area contributed by atoms with Crippen LogP contribution in [0, 0.1) is 16.7 Å². The Balaban J connectivity index is 1.28. The van der Waals surface area contributed by atoms with Crippen molar-refractivity contribution in [3.8, 4) is 11.8 Å². The molecule has 4 aromatic rings. The summed E-state index contributed by atoms with van der Waals surface area (Å²) in [5, 5.41) is 10.4. The Morgan fingerprint density at radius 1 is 1.00 bits per heavy atom. The van der Waals surface area contributed by atoms with Crippen LogP contribution < -0.4 is 20.1 Å². The lowest BCUT2D eigenvalue weighted by atomic mass is 9.90. The number of fused-ring (bicyclic) bond motifs is 2. The van der Waals surface area contributed by atoms with Crippen molar-refractivity contribution >= 4 is 34.2 Å². The highest BCUT2D eigenvalue weighted by atomic mass is 16.5. The minimum Gasteiger partial charge on any atom is -0.493 e. The van der Waals surface area contributed by atoms with Crippen molar-refractivity contribution in [2.75, 3.05) is 43.1 Å². The van der Waals surface area contributed by atoms with Crippen LogP contribution in [0.1, 0.15) is 38.3 Å². The molecule has 0 N–H and O–H groups in total. The van der Waals surface area contributed by atoms with Crippen LogP contribution in [0.25, 0.3) is 11.0 Å². The predicted octanol–water partition coefficient (Wildman–Crippen LogP) is 4.79. The molecule has 0 unspecified atom stereocenters. The number of amides is 2. The van der Waals surface area contributed by atoms with E-state index in [0.717, 1.165) is 10.9 Å². The van der Waals surface area contributed by atoms with E-state index in [2.05, 4.69) is 11.0 Å². The number of nitriles is 1. The topological polar surface area (TPSA) is 112 Å². The van der Waals surface area contributed by atoms with Gasteiger partial charge in [-0.2, -0.15) is 5.26 Å². The van der Waals surface area contributed by atoms with E-state index in [1.54, 1.807) is 48.7 Å². The standard InChI is InChI=1S/C34H37N5O5/c1-5-39-28-12-11-27(21-29(28)36(4)32(41)34(2,3)33(39)42)43-19-8-15-37(23-26-10-7-6-9-25(26)22-35)17-18-38-16-13-24-14-20-44-30(24)31(38)40/h6-7,9-14,16,20-21H,5,8,15,17-19,23H2,1-4H3. The molecule has 228 valence electrons. The largest absolute Gasteiger partial charge is 0.493 e. The van der Waals surface area contributed by atoms with Gasteiger partial charge in [-0.25, -0.2) is 0 Å². The first-order chi connectivity index (χ1) is 21.1. The van der Waals surface area contributed by atoms with E-state index in [0.29, 0.717) is 74.0 Å². The average molecular weight is 596 g/mol. The lowest BCUT2D eigenvalue weighted by Crippen LogP contribution is -2.47. The molecule has 0 saturated carbocycles. The predicted molar refractivity (Wildman–Crippen MR) is 169 cm³/mol. The maximum absolute atomic E-state index is 13.2. The molecule has 10 nitrogen and oxygen atoms in total. The Morgan fingerprint density at radius 3 is 2.57 bits per heavy atom. The zero-order valence-corrected chi connectivity index (χ0v) is 25.6. The van der Waals surface area contributed by atoms with Crippen LogP contribution in [0.3, 0.4) is 0 Å². The van der Waals surface area contributed by atoms with Gasteiger partial charge < -0.3 is 23.5 Å². The zero-order valence-electron chi connectivity index (χ0n) is 25.6. The number of carbonyl (C=O) groups excluding carboxylic acids is 2. The molecular weight excluding hydrogens is 558 g/mol. The lowest BCUT2D eigenvalue weighted by Gasteiger charge is -2.27. The van der Waals surface area contributed by atoms with Crippen LogP contribution in [0.15, 0.2) is 76.3 Å². The number of hydrogen-bond acceptors (Lipinski definition) is 7. The molecule has 0 fully saturated rings. The molecule has 44 heavy (non-hydrogen) atoms. The lowest BCUT2D eigenvalue weighted by molar-refractivity contribution is -0.137. The van der Waals surface area contributed by atoms with Crippen molar-refractivity contribution in [1.29, 1.82) is 5.26 Å². The molecule has 1 aliphatic heterocycles. The summed E-state index contributed by atoms with van der Waals surface area (Å²) in [5.74, 6) is 0.107. The number of hydrogen-bond donors (Lipinski definition) is 0. The summed E-state index contributed by atoms with van der Waals surface area (Å²) in [6.45, 7) is 8.31. The fourth-order valence-electron chi connectivity index (χ4n) is 5.64. The first-order valence-electron chi connectivity index (χ1n) is 14.8. The number of ether oxygens (including phenoxy) is 1. The van der Waals surface area contributed by atoms with Gasteiger partial charge in [-0.15, -0.1) is 0 Å². The fraction of sp³-hybridized carbons (Fsp3) is 0.353. The SMILES string of the molecule is CCN1C(=O)C(C)(C)C(=O)N(C)c2cc(OCCCN(CCn3ccc4ccoc4c3=O)Cc3ccccc3C#N)ccc21. The third-order valence-corrected chi connectivity index (χ3v) is 8.20. The summed E-state index contributed by atoms with van der Waals surface area (Å²) in [4.78, 5) is 44.6. The van der Waals surface area contributed by atoms with Crippen molar-refractivity contribution < 1.29 is 18.7 Å². The van der Waals surface area contributed by atoms with E-state index in [4.69, 9.17) is 9.15 Å². The number of nitrogens with zero attached hydrogens (tertiary/aromatic N) is 5. The highest BCUT2D eigenvalue weighted by Gasteiger charge is 2.45. The summed E-state index contributed by atoms with van der Waals surface area (Å²) in [5.41, 5.74) is 1.83. The van der Waals surface area contributed by atoms with Gasteiger partial charge >= 0.3 is 0 Å². The molecule has 5 rings (SSSR count). The number of pyridine rings is 1. The highest BCUT2D eigenvalue weighted by Crippen LogP contribution is 2.40. The van der Waals surface area contributed by atoms with Gasteiger partial charge in [0.15, 0.2) is 5.58 Å². The van der Waals surface area contributed by atoms with E-state index >= 15 is 0 Å². The second-order valence-electron chi connectivity index (χ2n) is 11.5. The Hall–Kier alpha value is -4.88. The zero-order chi connectivity index (χ0) is 31.4. The van der Waals surface area contributed by atoms with Crippen molar-refractivity contribution in [3.05, 3.63) is 88.5 Å². The van der Waals surface area contributed by atoms with Crippen molar-refractivity contribution in [3.63, 3.8) is 0 Å². The number of aromatic nitrogens is 1. The molecule has 10 heteroatoms. The molecule has 0 saturated heterocycles. The second-order valence-corrected chi connectivity index (χ2v) is 11.5. The van der Waals surface area contributed by atoms with Gasteiger partial charge in [0.25, 0.3) is 5.56 Å². The summed E-state index contributed by atoms with van der Waals surface area (Å²) in [6.07, 6.45) is 3.97. The van der Waals surface area contributed by atoms with E-state index in [1.807, 2.05) is 49.4 Å². The Labute approximate surface area is 256 Å². The minimum atomic E-state index is -1.17. The molecule has 0 aliphatic carbocycles. The first kappa shape index (κ1) is 30.6. The summed E-state index contributed by atoms with van der Waals surface area (Å²) >= 11 is 0. The molecule has 0 bridgehead atoms. The van der Waals surface area contributed by atoms with Crippen LogP contribution in [0.4, 0.5) is 11.4 Å². The van der Waals surface area contributed by atoms with Gasteiger partial charge in [0.05, 0.1) is 35.9 Å². The van der Waals surface area contributed by atoms with Crippen LogP contribution in [0.2, 0.25) is 0 Å². The second kappa shape index (κ2) is 12.8. The molecular formula is C34H37N5O5. The van der Waals surface area contributed by atoms with Crippen LogP contribution in [0.5, 0.6) is 5.75 Å². The summed E-state index contributed by atoms with van der Waals surface area (Å²) in [7, 11) is 1.69. The highest BCUT2D eigenvalue weighted by molar-refractivity contribution is 6.20. The number of rotatable bonds is 11. The van der Waals surface area contributed by atoms with E-state index < -0.39 is 5.41 Å². The van der Waals surface area contributed by atoms with Gasteiger partial charge in [0.1, 0.15) is 11.2 Å². The first-order valence-corrected chi connectivity index (χ1v) is 14.8. The molecule has 1 aliphatic rings. The number of carbonyl (C=O) groups is 2. The van der Waals surface area contributed by atoms with Gasteiger partial charge in [-0.05, 0) is 63.1 Å². The number of furan rings is 1. The van der Waals surface area contributed by atoms with Gasteiger partial charge in [0.2, 0.25) is 11.8 Å². The Morgan fingerprint density at radius 2 is 1.80 bits per heavy atom. The Kier molecular flexibility index (Phi) is 8.88. The van der Waals surface area contributed by atoms with Crippen molar-refractivity contribution in [1.82, 2.24) is 9.47 Å². The fourth-order valence-corrected chi connectivity index (χ4v) is 5.64. The monoisotopic (exact) mass is 595 g/mol. The Bertz CT molecular complexity index is 1780. The van der Waals surface area contributed by atoms with Gasteiger partial charge in [0, 0.05) is 57.4 Å². The third-order valence-electron chi connectivity index (χ3n) is 8.20. The van der Waals surface area contributed by atoms with Crippen molar-refractivity contribution in [2.24, 2.45) is 5.41 Å². The minimum absolute atomic E-state index is 0.174. The quantitative estimate of drug-likeness (QED) is 0.181. The van der Waals surface area contributed by atoms with Crippen LogP contribution >= 0.6 is 0 Å². The van der Waals surface area contributed by atoms with E-state index in [1.165, 1.54) is 11.2 Å². The van der Waals surface area contributed by atoms with Crippen molar-refractivity contribution in [2.45, 2.75) is 40.3 Å². The third kappa shape index (κ3) is 5.96. The smallest absolute Gasteiger partial charge is 0.294 e. The van der Waals surface area contributed by atoms with Gasteiger partial charge in [-0.3, -0.25) is 19.3 Å². The maximum Gasteiger partial charge on any atom is 0.294 e. The molecule has 0 radical (unpaired) electrons. The molecule has 0 spiro atoms. The number of anilines is 2. The molecule has 2 aromatic heterocycles. The normalized spacial score (nSPS) is 14.5. The molecule has 3 heterocycles. The number of benzene rings is 2. The summed E-state index contributed by atoms with van der Waals surface area (Å²) in [6, 6.07) is 18.9. The molecule has 2 amide bonds.